The van der Waals surface area contributed by atoms with Crippen LogP contribution in [0.25, 0.3) is 0 Å². The van der Waals surface area contributed by atoms with Crippen LogP contribution in [0.3, 0.4) is 0 Å². The third-order valence-electron chi connectivity index (χ3n) is 4.59. The molecule has 1 unspecified atom stereocenters. The molecular weight excluding hydrogens is 300 g/mol. The van der Waals surface area contributed by atoms with Crippen LogP contribution in [0.1, 0.15) is 17.5 Å². The molecule has 1 atom stereocenters. The first-order valence-corrected chi connectivity index (χ1v) is 8.28. The Balaban J connectivity index is 2.04. The van der Waals surface area contributed by atoms with Crippen molar-refractivity contribution in [2.75, 3.05) is 39.2 Å². The summed E-state index contributed by atoms with van der Waals surface area (Å²) >= 11 is 0. The van der Waals surface area contributed by atoms with Gasteiger partial charge in [0.15, 0.2) is 5.60 Å². The summed E-state index contributed by atoms with van der Waals surface area (Å²) in [6, 6.07) is 17.7. The van der Waals surface area contributed by atoms with Crippen LogP contribution >= 0.6 is 0 Å². The summed E-state index contributed by atoms with van der Waals surface area (Å²) in [6.45, 7) is 1.63. The van der Waals surface area contributed by atoms with E-state index in [-0.39, 0.29) is 5.91 Å². The monoisotopic (exact) mass is 324 g/mol. The van der Waals surface area contributed by atoms with E-state index >= 15 is 0 Å². The number of nitrogens with zero attached hydrogens (tertiary/aromatic N) is 2. The molecule has 0 spiro atoms. The molecule has 4 nitrogen and oxygen atoms in total. The minimum atomic E-state index is -1.05. The van der Waals surface area contributed by atoms with Crippen LogP contribution in [0.5, 0.6) is 0 Å². The lowest BCUT2D eigenvalue weighted by molar-refractivity contribution is -0.135. The van der Waals surface area contributed by atoms with Crippen LogP contribution in [0.2, 0.25) is 0 Å². The van der Waals surface area contributed by atoms with Crippen molar-refractivity contribution in [3.63, 3.8) is 0 Å². The molecule has 2 aromatic carbocycles. The largest absolute Gasteiger partial charge is 0.359 e. The maximum atomic E-state index is 13.4. The molecule has 0 fully saturated rings. The molecule has 2 aromatic rings. The second-order valence-corrected chi connectivity index (χ2v) is 6.38. The summed E-state index contributed by atoms with van der Waals surface area (Å²) in [5, 5.41) is 0. The molecule has 1 amide bonds. The van der Waals surface area contributed by atoms with Crippen LogP contribution in [0.4, 0.5) is 5.69 Å². The number of rotatable bonds is 6. The second kappa shape index (κ2) is 6.75. The summed E-state index contributed by atoms with van der Waals surface area (Å²) in [5.74, 6) is -0.00356. The number of benzene rings is 2. The molecule has 0 radical (unpaired) electrons. The minimum Gasteiger partial charge on any atom is -0.359 e. The zero-order valence-electron chi connectivity index (χ0n) is 14.5. The van der Waals surface area contributed by atoms with Crippen LogP contribution in [-0.2, 0) is 15.1 Å². The zero-order chi connectivity index (χ0) is 17.2. The molecule has 4 heteroatoms. The average Bonchev–Trinajstić information content (AvgIpc) is 2.85. The Hall–Kier alpha value is -2.17. The molecular formula is C20H24N2O2. The lowest BCUT2D eigenvalue weighted by Crippen LogP contribution is -2.43. The van der Waals surface area contributed by atoms with E-state index in [2.05, 4.69) is 4.90 Å². The fourth-order valence-corrected chi connectivity index (χ4v) is 3.46. The van der Waals surface area contributed by atoms with Crippen molar-refractivity contribution in [1.82, 2.24) is 4.90 Å². The predicted molar refractivity (Wildman–Crippen MR) is 96.2 cm³/mol. The van der Waals surface area contributed by atoms with E-state index in [0.29, 0.717) is 6.54 Å². The molecule has 0 saturated carbocycles. The lowest BCUT2D eigenvalue weighted by Gasteiger charge is -2.28. The first kappa shape index (κ1) is 16.7. The van der Waals surface area contributed by atoms with Gasteiger partial charge in [-0.25, -0.2) is 0 Å². The van der Waals surface area contributed by atoms with Gasteiger partial charge in [0.25, 0.3) is 5.91 Å². The molecule has 0 aromatic heterocycles. The third kappa shape index (κ3) is 2.62. The first-order valence-electron chi connectivity index (χ1n) is 8.28. The van der Waals surface area contributed by atoms with Gasteiger partial charge in [-0.15, -0.1) is 0 Å². The van der Waals surface area contributed by atoms with Crippen LogP contribution in [0, 0.1) is 0 Å². The van der Waals surface area contributed by atoms with E-state index in [9.17, 15) is 4.79 Å². The van der Waals surface area contributed by atoms with Gasteiger partial charge < -0.3 is 14.5 Å². The van der Waals surface area contributed by atoms with Crippen LogP contribution < -0.4 is 4.90 Å². The van der Waals surface area contributed by atoms with Crippen LogP contribution in [-0.4, -0.2) is 45.1 Å². The molecule has 0 saturated heterocycles. The van der Waals surface area contributed by atoms with E-state index in [4.69, 9.17) is 4.74 Å². The smallest absolute Gasteiger partial charge is 0.268 e. The van der Waals surface area contributed by atoms with Gasteiger partial charge in [0, 0.05) is 19.2 Å². The fraction of sp³-hybridized carbons (Fsp3) is 0.350. The topological polar surface area (TPSA) is 32.8 Å². The van der Waals surface area contributed by atoms with Crippen molar-refractivity contribution in [1.29, 1.82) is 0 Å². The number of hydrogen-bond acceptors (Lipinski definition) is 3. The maximum Gasteiger partial charge on any atom is 0.268 e. The lowest BCUT2D eigenvalue weighted by atomic mass is 9.87. The van der Waals surface area contributed by atoms with Gasteiger partial charge in [-0.1, -0.05) is 48.5 Å². The molecule has 24 heavy (non-hydrogen) atoms. The number of anilines is 1. The van der Waals surface area contributed by atoms with Gasteiger partial charge in [0.05, 0.1) is 5.69 Å². The zero-order valence-corrected chi connectivity index (χ0v) is 14.5. The standard InChI is InChI=1S/C20H24N2O2/c1-21(2)14-9-15-22-18-13-8-7-12-17(18)20(24-3,19(22)23)16-10-5-4-6-11-16/h4-8,10-13H,9,14-15H2,1-3H3. The molecule has 0 N–H and O–H groups in total. The van der Waals surface area contributed by atoms with E-state index in [1.165, 1.54) is 0 Å². The number of carbonyl (C=O) groups excluding carboxylic acids is 1. The van der Waals surface area contributed by atoms with E-state index < -0.39 is 5.60 Å². The van der Waals surface area contributed by atoms with Gasteiger partial charge in [0.1, 0.15) is 0 Å². The Morgan fingerprint density at radius 3 is 2.38 bits per heavy atom. The Morgan fingerprint density at radius 2 is 1.71 bits per heavy atom. The van der Waals surface area contributed by atoms with Crippen molar-refractivity contribution in [2.24, 2.45) is 0 Å². The van der Waals surface area contributed by atoms with Crippen molar-refractivity contribution in [3.05, 3.63) is 65.7 Å². The maximum absolute atomic E-state index is 13.4. The number of fused-ring (bicyclic) bond motifs is 1. The molecule has 1 aliphatic rings. The van der Waals surface area contributed by atoms with Crippen molar-refractivity contribution in [2.45, 2.75) is 12.0 Å². The Labute approximate surface area is 143 Å². The first-order chi connectivity index (χ1) is 11.6. The number of methoxy groups -OCH3 is 1. The van der Waals surface area contributed by atoms with Gasteiger partial charge in [0.2, 0.25) is 0 Å². The summed E-state index contributed by atoms with van der Waals surface area (Å²) in [4.78, 5) is 17.4. The molecule has 3 rings (SSSR count). The highest BCUT2D eigenvalue weighted by molar-refractivity contribution is 6.09. The van der Waals surface area contributed by atoms with Crippen LogP contribution in [0.15, 0.2) is 54.6 Å². The van der Waals surface area contributed by atoms with Crippen molar-refractivity contribution in [3.8, 4) is 0 Å². The summed E-state index contributed by atoms with van der Waals surface area (Å²) in [5.41, 5.74) is 1.70. The van der Waals surface area contributed by atoms with Gasteiger partial charge >= 0.3 is 0 Å². The Kier molecular flexibility index (Phi) is 4.69. The molecule has 1 heterocycles. The fourth-order valence-electron chi connectivity index (χ4n) is 3.46. The normalized spacial score (nSPS) is 19.8. The third-order valence-corrected chi connectivity index (χ3v) is 4.59. The SMILES string of the molecule is COC1(c2ccccc2)C(=O)N(CCCN(C)C)c2ccccc21. The summed E-state index contributed by atoms with van der Waals surface area (Å²) < 4.78 is 5.88. The molecule has 0 bridgehead atoms. The summed E-state index contributed by atoms with van der Waals surface area (Å²) in [7, 11) is 5.71. The number of hydrogen-bond donors (Lipinski definition) is 0. The number of ether oxygens (including phenoxy) is 1. The highest BCUT2D eigenvalue weighted by atomic mass is 16.5. The van der Waals surface area contributed by atoms with E-state index in [1.807, 2.05) is 73.6 Å². The molecule has 126 valence electrons. The van der Waals surface area contributed by atoms with E-state index in [1.54, 1.807) is 7.11 Å². The Morgan fingerprint density at radius 1 is 1.04 bits per heavy atom. The molecule has 1 aliphatic heterocycles. The Bertz CT molecular complexity index is 715. The highest BCUT2D eigenvalue weighted by Crippen LogP contribution is 2.46. The van der Waals surface area contributed by atoms with Gasteiger partial charge in [-0.2, -0.15) is 0 Å². The quantitative estimate of drug-likeness (QED) is 0.819. The predicted octanol–water partition coefficient (Wildman–Crippen LogP) is 2.87. The minimum absolute atomic E-state index is 0.00356. The number of amides is 1. The summed E-state index contributed by atoms with van der Waals surface area (Å²) in [6.07, 6.45) is 0.918. The number of para-hydroxylation sites is 1. The highest BCUT2D eigenvalue weighted by Gasteiger charge is 2.52. The van der Waals surface area contributed by atoms with Gasteiger partial charge in [-0.3, -0.25) is 4.79 Å². The van der Waals surface area contributed by atoms with Gasteiger partial charge in [-0.05, 0) is 38.7 Å². The van der Waals surface area contributed by atoms with Crippen molar-refractivity contribution >= 4 is 11.6 Å². The second-order valence-electron chi connectivity index (χ2n) is 6.38. The number of carbonyl (C=O) groups is 1. The van der Waals surface area contributed by atoms with E-state index in [0.717, 1.165) is 29.8 Å². The molecule has 0 aliphatic carbocycles. The van der Waals surface area contributed by atoms with Crippen molar-refractivity contribution < 1.29 is 9.53 Å². The average molecular weight is 324 g/mol.